The molecule has 2 heterocycles. The molecule has 0 bridgehead atoms. The summed E-state index contributed by atoms with van der Waals surface area (Å²) in [6.07, 6.45) is 0.345. The summed E-state index contributed by atoms with van der Waals surface area (Å²) in [7, 11) is 1.52. The van der Waals surface area contributed by atoms with Gasteiger partial charge in [0.15, 0.2) is 6.10 Å². The van der Waals surface area contributed by atoms with Gasteiger partial charge in [0, 0.05) is 24.3 Å². The molecular weight excluding hydrogens is 372 g/mol. The fourth-order valence-electron chi connectivity index (χ4n) is 2.50. The van der Waals surface area contributed by atoms with Crippen molar-refractivity contribution in [2.45, 2.75) is 19.6 Å². The van der Waals surface area contributed by atoms with Gasteiger partial charge in [-0.3, -0.25) is 4.79 Å². The molecule has 8 heteroatoms. The van der Waals surface area contributed by atoms with E-state index in [1.54, 1.807) is 24.3 Å². The highest BCUT2D eigenvalue weighted by atomic mass is 35.5. The van der Waals surface area contributed by atoms with Crippen LogP contribution in [0.3, 0.4) is 0 Å². The zero-order chi connectivity index (χ0) is 19.4. The number of methoxy groups -OCH3 is 1. The molecule has 27 heavy (non-hydrogen) atoms. The van der Waals surface area contributed by atoms with Crippen LogP contribution in [0.4, 0.5) is 5.82 Å². The van der Waals surface area contributed by atoms with E-state index >= 15 is 0 Å². The highest BCUT2D eigenvalue weighted by Crippen LogP contribution is 2.27. The van der Waals surface area contributed by atoms with Crippen molar-refractivity contribution in [3.05, 3.63) is 58.9 Å². The van der Waals surface area contributed by atoms with Crippen LogP contribution in [0, 0.1) is 0 Å². The summed E-state index contributed by atoms with van der Waals surface area (Å²) < 4.78 is 16.0. The van der Waals surface area contributed by atoms with E-state index in [1.807, 2.05) is 12.1 Å². The first kappa shape index (κ1) is 18.9. The molecule has 2 aromatic heterocycles. The molecule has 140 valence electrons. The second-order valence-electron chi connectivity index (χ2n) is 5.74. The summed E-state index contributed by atoms with van der Waals surface area (Å²) >= 11 is 5.76. The van der Waals surface area contributed by atoms with Crippen LogP contribution < -0.4 is 5.32 Å². The van der Waals surface area contributed by atoms with Crippen LogP contribution in [0.15, 0.2) is 47.0 Å². The number of carbonyl (C=O) groups is 2. The number of anilines is 1. The van der Waals surface area contributed by atoms with E-state index in [2.05, 4.69) is 10.3 Å². The Hall–Kier alpha value is -2.90. The number of fused-ring (bicyclic) bond motifs is 1. The van der Waals surface area contributed by atoms with Crippen molar-refractivity contribution >= 4 is 40.3 Å². The van der Waals surface area contributed by atoms with Crippen molar-refractivity contribution < 1.29 is 23.5 Å². The monoisotopic (exact) mass is 388 g/mol. The average molecular weight is 389 g/mol. The van der Waals surface area contributed by atoms with Crippen LogP contribution in [-0.2, 0) is 20.9 Å². The lowest BCUT2D eigenvalue weighted by molar-refractivity contribution is -0.123. The number of pyridine rings is 1. The second-order valence-corrected chi connectivity index (χ2v) is 6.17. The minimum absolute atomic E-state index is 0.0160. The number of nitrogens with one attached hydrogen (secondary N) is 1. The van der Waals surface area contributed by atoms with Crippen molar-refractivity contribution in [2.75, 3.05) is 12.4 Å². The number of aromatic nitrogens is 1. The molecule has 0 saturated heterocycles. The van der Waals surface area contributed by atoms with Gasteiger partial charge >= 0.3 is 5.97 Å². The lowest BCUT2D eigenvalue weighted by atomic mass is 10.1. The third-order valence-corrected chi connectivity index (χ3v) is 4.03. The van der Waals surface area contributed by atoms with E-state index in [0.29, 0.717) is 22.0 Å². The van der Waals surface area contributed by atoms with Gasteiger partial charge in [0.2, 0.25) is 5.76 Å². The zero-order valence-electron chi connectivity index (χ0n) is 14.7. The normalized spacial score (nSPS) is 12.0. The molecule has 0 aliphatic heterocycles. The molecule has 0 radical (unpaired) electrons. The van der Waals surface area contributed by atoms with Crippen molar-refractivity contribution in [3.63, 3.8) is 0 Å². The maximum absolute atomic E-state index is 12.5. The Balaban J connectivity index is 1.74. The summed E-state index contributed by atoms with van der Waals surface area (Å²) in [5, 5.41) is 3.76. The predicted octanol–water partition coefficient (Wildman–Crippen LogP) is 3.81. The Morgan fingerprint density at radius 3 is 2.74 bits per heavy atom. The van der Waals surface area contributed by atoms with Crippen molar-refractivity contribution in [1.82, 2.24) is 4.98 Å². The number of para-hydroxylation sites is 1. The number of amides is 1. The second kappa shape index (κ2) is 8.20. The average Bonchev–Trinajstić information content (AvgIpc) is 3.03. The Morgan fingerprint density at radius 2 is 2.04 bits per heavy atom. The van der Waals surface area contributed by atoms with Gasteiger partial charge < -0.3 is 19.2 Å². The number of hydrogen-bond donors (Lipinski definition) is 1. The summed E-state index contributed by atoms with van der Waals surface area (Å²) in [6.45, 7) is 1.64. The van der Waals surface area contributed by atoms with Crippen LogP contribution >= 0.6 is 11.6 Å². The molecule has 1 aromatic carbocycles. The zero-order valence-corrected chi connectivity index (χ0v) is 15.4. The lowest BCUT2D eigenvalue weighted by Crippen LogP contribution is -2.30. The molecule has 0 saturated carbocycles. The number of ether oxygens (including phenoxy) is 2. The molecular formula is C19H17ClN2O5. The Kier molecular flexibility index (Phi) is 5.73. The summed E-state index contributed by atoms with van der Waals surface area (Å²) in [5.74, 6) is -0.953. The van der Waals surface area contributed by atoms with Crippen LogP contribution in [0.25, 0.3) is 11.0 Å². The van der Waals surface area contributed by atoms with E-state index in [-0.39, 0.29) is 12.4 Å². The predicted molar refractivity (Wildman–Crippen MR) is 99.7 cm³/mol. The Labute approximate surface area is 160 Å². The van der Waals surface area contributed by atoms with Gasteiger partial charge in [-0.25, -0.2) is 9.78 Å². The molecule has 1 N–H and O–H groups in total. The number of esters is 1. The summed E-state index contributed by atoms with van der Waals surface area (Å²) in [4.78, 5) is 28.7. The van der Waals surface area contributed by atoms with E-state index < -0.39 is 18.0 Å². The molecule has 3 rings (SSSR count). The largest absolute Gasteiger partial charge is 0.449 e. The smallest absolute Gasteiger partial charge is 0.375 e. The highest BCUT2D eigenvalue weighted by molar-refractivity contribution is 6.30. The number of furan rings is 1. The van der Waals surface area contributed by atoms with E-state index in [4.69, 9.17) is 25.5 Å². The number of rotatable bonds is 6. The van der Waals surface area contributed by atoms with E-state index in [1.165, 1.54) is 20.2 Å². The quantitative estimate of drug-likeness (QED) is 0.646. The van der Waals surface area contributed by atoms with E-state index in [9.17, 15) is 9.59 Å². The standard InChI is InChI=1S/C19H17ClN2O5/c1-11(18(23)22-16-8-7-12(20)9-21-16)26-19(24)17-14(10-25-2)13-5-3-4-6-15(13)27-17/h3-9,11H,10H2,1-2H3,(H,21,22,23). The molecule has 1 amide bonds. The van der Waals surface area contributed by atoms with Gasteiger partial charge in [0.25, 0.3) is 5.91 Å². The first-order valence-corrected chi connectivity index (χ1v) is 8.50. The van der Waals surface area contributed by atoms with Gasteiger partial charge in [0.1, 0.15) is 11.4 Å². The maximum atomic E-state index is 12.5. The topological polar surface area (TPSA) is 90.7 Å². The molecule has 0 aliphatic rings. The van der Waals surface area contributed by atoms with Crippen molar-refractivity contribution in [2.24, 2.45) is 0 Å². The minimum Gasteiger partial charge on any atom is -0.449 e. The third kappa shape index (κ3) is 4.27. The fraction of sp³-hybridized carbons (Fsp3) is 0.211. The molecule has 7 nitrogen and oxygen atoms in total. The number of carbonyl (C=O) groups excluding carboxylic acids is 2. The Morgan fingerprint density at radius 1 is 1.26 bits per heavy atom. The first-order chi connectivity index (χ1) is 13.0. The van der Waals surface area contributed by atoms with Gasteiger partial charge in [-0.05, 0) is 25.1 Å². The van der Waals surface area contributed by atoms with Gasteiger partial charge in [-0.15, -0.1) is 0 Å². The lowest BCUT2D eigenvalue weighted by Gasteiger charge is -2.12. The maximum Gasteiger partial charge on any atom is 0.375 e. The SMILES string of the molecule is COCc1c(C(=O)OC(C)C(=O)Nc2ccc(Cl)cn2)oc2ccccc12. The van der Waals surface area contributed by atoms with Crippen LogP contribution in [0.2, 0.25) is 5.02 Å². The van der Waals surface area contributed by atoms with Gasteiger partial charge in [-0.1, -0.05) is 29.8 Å². The van der Waals surface area contributed by atoms with Crippen molar-refractivity contribution in [3.8, 4) is 0 Å². The van der Waals surface area contributed by atoms with Crippen LogP contribution in [-0.4, -0.2) is 30.1 Å². The molecule has 0 spiro atoms. The van der Waals surface area contributed by atoms with E-state index in [0.717, 1.165) is 5.39 Å². The number of halogens is 1. The summed E-state index contributed by atoms with van der Waals surface area (Å²) in [6, 6.07) is 10.3. The van der Waals surface area contributed by atoms with Gasteiger partial charge in [0.05, 0.1) is 11.6 Å². The minimum atomic E-state index is -1.06. The number of hydrogen-bond acceptors (Lipinski definition) is 6. The Bertz CT molecular complexity index is 968. The van der Waals surface area contributed by atoms with Crippen LogP contribution in [0.1, 0.15) is 23.0 Å². The molecule has 0 aliphatic carbocycles. The molecule has 1 atom stereocenters. The summed E-state index contributed by atoms with van der Waals surface area (Å²) in [5.41, 5.74) is 1.11. The van der Waals surface area contributed by atoms with Crippen molar-refractivity contribution in [1.29, 1.82) is 0 Å². The highest BCUT2D eigenvalue weighted by Gasteiger charge is 2.26. The van der Waals surface area contributed by atoms with Crippen LogP contribution in [0.5, 0.6) is 0 Å². The number of benzene rings is 1. The molecule has 0 fully saturated rings. The van der Waals surface area contributed by atoms with Gasteiger partial charge in [-0.2, -0.15) is 0 Å². The molecule has 1 unspecified atom stereocenters. The number of nitrogens with zero attached hydrogens (tertiary/aromatic N) is 1. The third-order valence-electron chi connectivity index (χ3n) is 3.80. The first-order valence-electron chi connectivity index (χ1n) is 8.12. The molecule has 3 aromatic rings. The fourth-order valence-corrected chi connectivity index (χ4v) is 2.61.